The fraction of sp³-hybridized carbons (Fsp3) is 0.409. The van der Waals surface area contributed by atoms with Crippen molar-refractivity contribution in [2.24, 2.45) is 22.6 Å². The third kappa shape index (κ3) is 5.40. The molecule has 3 unspecified atom stereocenters. The third-order valence-electron chi connectivity index (χ3n) is 5.60. The first-order chi connectivity index (χ1) is 15.9. The van der Waals surface area contributed by atoms with Crippen LogP contribution in [0, 0.1) is 11.8 Å². The van der Waals surface area contributed by atoms with Gasteiger partial charge in [0, 0.05) is 35.3 Å². The normalized spacial score (nSPS) is 22.0. The molecule has 1 aliphatic rings. The van der Waals surface area contributed by atoms with Gasteiger partial charge < -0.3 is 15.8 Å². The van der Waals surface area contributed by atoms with Crippen molar-refractivity contribution in [3.8, 4) is 0 Å². The number of halogens is 6. The zero-order chi connectivity index (χ0) is 25.3. The number of nitrogens with zero attached hydrogens (tertiary/aromatic N) is 3. The summed E-state index contributed by atoms with van der Waals surface area (Å²) < 4.78 is 72.1. The zero-order valence-corrected chi connectivity index (χ0v) is 19.3. The minimum Gasteiger partial charge on any atom is -0.453 e. The predicted octanol–water partition coefficient (Wildman–Crippen LogP) is 5.71. The highest BCUT2D eigenvalue weighted by Crippen LogP contribution is 2.42. The number of allylic oxidation sites excluding steroid dienone is 3. The Labute approximate surface area is 197 Å². The number of nitrogens with one attached hydrogen (secondary N) is 1. The summed E-state index contributed by atoms with van der Waals surface area (Å²) in [6, 6.07) is 2.54. The van der Waals surface area contributed by atoms with Crippen molar-refractivity contribution < 1.29 is 26.7 Å². The molecular weight excluding hydrogens is 481 g/mol. The Balaban J connectivity index is 1.90. The molecule has 184 valence electrons. The van der Waals surface area contributed by atoms with Crippen LogP contribution in [0.2, 0.25) is 5.02 Å². The average molecular weight is 504 g/mol. The van der Waals surface area contributed by atoms with Gasteiger partial charge in [0.05, 0.1) is 5.02 Å². The highest BCUT2D eigenvalue weighted by atomic mass is 35.5. The minimum absolute atomic E-state index is 0.369. The Morgan fingerprint density at radius 3 is 2.68 bits per heavy atom. The molecule has 4 atom stereocenters. The number of anilines is 1. The first-order valence-electron chi connectivity index (χ1n) is 10.2. The maximum atomic E-state index is 14.9. The number of hydrogen-bond donors (Lipinski definition) is 2. The number of fused-ring (bicyclic) bond motifs is 1. The molecule has 0 amide bonds. The van der Waals surface area contributed by atoms with Gasteiger partial charge in [-0.3, -0.25) is 4.98 Å². The van der Waals surface area contributed by atoms with Crippen LogP contribution in [0.1, 0.15) is 20.8 Å². The lowest BCUT2D eigenvalue weighted by Crippen LogP contribution is -2.44. The van der Waals surface area contributed by atoms with Crippen LogP contribution in [0.3, 0.4) is 0 Å². The number of hydrogen-bond acceptors (Lipinski definition) is 5. The number of pyridine rings is 2. The first kappa shape index (κ1) is 25.7. The number of rotatable bonds is 6. The number of alkyl halides is 4. The zero-order valence-electron chi connectivity index (χ0n) is 18.5. The van der Waals surface area contributed by atoms with E-state index in [0.29, 0.717) is 27.4 Å². The Bertz CT molecular complexity index is 1150. The lowest BCUT2D eigenvalue weighted by molar-refractivity contribution is -0.193. The summed E-state index contributed by atoms with van der Waals surface area (Å²) in [4.78, 5) is 12.4. The van der Waals surface area contributed by atoms with Crippen molar-refractivity contribution in [2.75, 3.05) is 12.0 Å². The monoisotopic (exact) mass is 503 g/mol. The molecule has 34 heavy (non-hydrogen) atoms. The first-order valence-corrected chi connectivity index (χ1v) is 10.6. The molecule has 2 heterocycles. The van der Waals surface area contributed by atoms with Gasteiger partial charge in [0.25, 0.3) is 6.02 Å². The topological polar surface area (TPSA) is 85.4 Å². The van der Waals surface area contributed by atoms with E-state index < -0.39 is 48.2 Å². The molecule has 0 fully saturated rings. The number of aromatic nitrogens is 2. The summed E-state index contributed by atoms with van der Waals surface area (Å²) >= 11 is 5.99. The second kappa shape index (κ2) is 9.73. The Morgan fingerprint density at radius 2 is 2.03 bits per heavy atom. The Kier molecular flexibility index (Phi) is 7.35. The van der Waals surface area contributed by atoms with Gasteiger partial charge in [-0.05, 0) is 38.1 Å². The van der Waals surface area contributed by atoms with E-state index in [1.54, 1.807) is 25.3 Å². The van der Waals surface area contributed by atoms with Gasteiger partial charge in [0.2, 0.25) is 0 Å². The van der Waals surface area contributed by atoms with Crippen LogP contribution < -0.4 is 11.1 Å². The van der Waals surface area contributed by atoms with Crippen LogP contribution in [0.4, 0.5) is 27.8 Å². The van der Waals surface area contributed by atoms with Crippen molar-refractivity contribution in [2.45, 2.75) is 38.6 Å². The maximum absolute atomic E-state index is 14.9. The van der Waals surface area contributed by atoms with Crippen molar-refractivity contribution in [1.82, 2.24) is 9.97 Å². The fourth-order valence-electron chi connectivity index (χ4n) is 3.80. The third-order valence-corrected chi connectivity index (χ3v) is 5.81. The van der Waals surface area contributed by atoms with Crippen LogP contribution in [0.15, 0.2) is 53.2 Å². The lowest BCUT2D eigenvalue weighted by Gasteiger charge is -2.38. The largest absolute Gasteiger partial charge is 0.453 e. The maximum Gasteiger partial charge on any atom is 0.425 e. The lowest BCUT2D eigenvalue weighted by atomic mass is 9.74. The van der Waals surface area contributed by atoms with E-state index in [1.165, 1.54) is 19.2 Å². The van der Waals surface area contributed by atoms with Crippen LogP contribution >= 0.6 is 11.6 Å². The fourth-order valence-corrected chi connectivity index (χ4v) is 3.97. The van der Waals surface area contributed by atoms with Gasteiger partial charge in [0.15, 0.2) is 11.9 Å². The van der Waals surface area contributed by atoms with E-state index in [1.807, 2.05) is 0 Å². The summed E-state index contributed by atoms with van der Waals surface area (Å²) in [5.74, 6) is -2.21. The molecule has 3 N–H and O–H groups in total. The van der Waals surface area contributed by atoms with Crippen molar-refractivity contribution >= 4 is 34.3 Å². The van der Waals surface area contributed by atoms with Crippen LogP contribution in [0.5, 0.6) is 0 Å². The van der Waals surface area contributed by atoms with Gasteiger partial charge >= 0.3 is 6.18 Å². The van der Waals surface area contributed by atoms with Gasteiger partial charge in [-0.25, -0.2) is 18.8 Å². The summed E-state index contributed by atoms with van der Waals surface area (Å²) in [5, 5.41) is 4.25. The summed E-state index contributed by atoms with van der Waals surface area (Å²) in [6.45, 7) is 2.43. The SMILES string of the molecule is CC1C(Nc2nccc3cc(Cl)cnc23)=CC=C(F)C1C(C)(CF)/N=C(/N)O[C@@H](C)C(F)(F)F. The van der Waals surface area contributed by atoms with Gasteiger partial charge in [-0.1, -0.05) is 18.5 Å². The standard InChI is InChI=1S/C22H23ClF5N5O/c1-11-16(32-19-18-13(6-7-30-19)8-14(23)9-31-18)5-4-15(25)17(11)21(3,10-24)33-20(29)34-12(2)22(26,27)28/h4-9,11-12,17H,10H2,1-3H3,(H2,29,33)(H,30,32)/t11?,12-,17?,21?/m0/s1. The van der Waals surface area contributed by atoms with E-state index >= 15 is 0 Å². The van der Waals surface area contributed by atoms with Crippen molar-refractivity contribution in [3.05, 3.63) is 53.2 Å². The second-order valence-electron chi connectivity index (χ2n) is 8.19. The summed E-state index contributed by atoms with van der Waals surface area (Å²) in [7, 11) is 0. The van der Waals surface area contributed by atoms with E-state index in [0.717, 1.165) is 13.0 Å². The van der Waals surface area contributed by atoms with E-state index in [-0.39, 0.29) is 0 Å². The van der Waals surface area contributed by atoms with Crippen LogP contribution in [-0.2, 0) is 4.74 Å². The molecule has 0 aliphatic heterocycles. The second-order valence-corrected chi connectivity index (χ2v) is 8.63. The number of aliphatic imine (C=N–C) groups is 1. The molecular formula is C22H23ClF5N5O. The smallest absolute Gasteiger partial charge is 0.425 e. The molecule has 2 aromatic heterocycles. The molecule has 3 rings (SSSR count). The van der Waals surface area contributed by atoms with Gasteiger partial charge in [-0.15, -0.1) is 0 Å². The van der Waals surface area contributed by atoms with Crippen LogP contribution in [0.25, 0.3) is 10.9 Å². The van der Waals surface area contributed by atoms with E-state index in [4.69, 9.17) is 17.3 Å². The molecule has 0 saturated carbocycles. The number of amidine groups is 1. The summed E-state index contributed by atoms with van der Waals surface area (Å²) in [6.07, 6.45) is -1.35. The Hall–Kier alpha value is -2.95. The molecule has 0 spiro atoms. The van der Waals surface area contributed by atoms with Gasteiger partial charge in [0.1, 0.15) is 23.6 Å². The van der Waals surface area contributed by atoms with Crippen molar-refractivity contribution in [3.63, 3.8) is 0 Å². The molecule has 2 aromatic rings. The Morgan fingerprint density at radius 1 is 1.32 bits per heavy atom. The average Bonchev–Trinajstić information content (AvgIpc) is 2.74. The quantitative estimate of drug-likeness (QED) is 0.300. The van der Waals surface area contributed by atoms with E-state index in [9.17, 15) is 22.0 Å². The number of ether oxygens (including phenoxy) is 1. The predicted molar refractivity (Wildman–Crippen MR) is 121 cm³/mol. The molecule has 0 aromatic carbocycles. The van der Waals surface area contributed by atoms with E-state index in [2.05, 4.69) is 25.0 Å². The molecule has 0 saturated heterocycles. The summed E-state index contributed by atoms with van der Waals surface area (Å²) in [5.41, 5.74) is 4.67. The molecule has 0 bridgehead atoms. The van der Waals surface area contributed by atoms with Crippen molar-refractivity contribution in [1.29, 1.82) is 0 Å². The molecule has 6 nitrogen and oxygen atoms in total. The van der Waals surface area contributed by atoms with Crippen LogP contribution in [-0.4, -0.2) is 40.5 Å². The van der Waals surface area contributed by atoms with Gasteiger partial charge in [-0.2, -0.15) is 13.2 Å². The highest BCUT2D eigenvalue weighted by Gasteiger charge is 2.45. The molecule has 0 radical (unpaired) electrons. The molecule has 12 heteroatoms. The highest BCUT2D eigenvalue weighted by molar-refractivity contribution is 6.31. The minimum atomic E-state index is -4.70. The number of nitrogens with two attached hydrogens (primary N) is 1. The molecule has 1 aliphatic carbocycles.